The van der Waals surface area contributed by atoms with Crippen LogP contribution in [0.25, 0.3) is 0 Å². The Morgan fingerprint density at radius 3 is 2.69 bits per heavy atom. The molecular weight excluding hydrogens is 432 g/mol. The van der Waals surface area contributed by atoms with Gasteiger partial charge in [0.15, 0.2) is 11.5 Å². The first-order valence-electron chi connectivity index (χ1n) is 9.43. The van der Waals surface area contributed by atoms with E-state index in [1.807, 2.05) is 48.5 Å². The summed E-state index contributed by atoms with van der Waals surface area (Å²) in [5.41, 5.74) is 3.87. The van der Waals surface area contributed by atoms with Gasteiger partial charge in [0.2, 0.25) is 6.79 Å². The van der Waals surface area contributed by atoms with E-state index in [0.717, 1.165) is 38.4 Å². The van der Waals surface area contributed by atoms with E-state index in [1.165, 1.54) is 0 Å². The van der Waals surface area contributed by atoms with E-state index < -0.39 is 0 Å². The lowest BCUT2D eigenvalue weighted by atomic mass is 9.93. The number of halogens is 1. The molecule has 0 bridgehead atoms. The highest BCUT2D eigenvalue weighted by Crippen LogP contribution is 2.37. The van der Waals surface area contributed by atoms with Gasteiger partial charge in [-0.2, -0.15) is 0 Å². The van der Waals surface area contributed by atoms with Crippen molar-refractivity contribution in [3.8, 4) is 17.2 Å². The summed E-state index contributed by atoms with van der Waals surface area (Å²) in [6.07, 6.45) is 0.424. The molecule has 29 heavy (non-hydrogen) atoms. The summed E-state index contributed by atoms with van der Waals surface area (Å²) >= 11 is 3.55. The minimum atomic E-state index is -0.230. The van der Waals surface area contributed by atoms with Crippen molar-refractivity contribution in [1.82, 2.24) is 5.32 Å². The Morgan fingerprint density at radius 2 is 1.83 bits per heavy atom. The zero-order valence-electron chi connectivity index (χ0n) is 15.5. The maximum atomic E-state index is 10.4. The lowest BCUT2D eigenvalue weighted by Gasteiger charge is -2.31. The number of fused-ring (bicyclic) bond motifs is 1. The fourth-order valence-corrected chi connectivity index (χ4v) is 4.20. The lowest BCUT2D eigenvalue weighted by molar-refractivity contribution is 0.174. The monoisotopic (exact) mass is 450 g/mol. The number of rotatable bonds is 3. The molecule has 0 aromatic heterocycles. The van der Waals surface area contributed by atoms with Crippen LogP contribution in [0.5, 0.6) is 17.2 Å². The second kappa shape index (κ2) is 7.54. The van der Waals surface area contributed by atoms with Crippen molar-refractivity contribution in [2.24, 2.45) is 4.99 Å². The Balaban J connectivity index is 1.57. The van der Waals surface area contributed by atoms with Crippen LogP contribution < -0.4 is 14.8 Å². The number of phenolic OH excluding ortho intramolecular Hbond substituents is 1. The van der Waals surface area contributed by atoms with Crippen LogP contribution in [0.1, 0.15) is 35.3 Å². The van der Waals surface area contributed by atoms with Crippen molar-refractivity contribution in [3.63, 3.8) is 0 Å². The number of benzene rings is 3. The summed E-state index contributed by atoms with van der Waals surface area (Å²) in [6, 6.07) is 21.4. The quantitative estimate of drug-likeness (QED) is 0.582. The molecule has 0 aliphatic carbocycles. The van der Waals surface area contributed by atoms with Gasteiger partial charge in [0.1, 0.15) is 11.9 Å². The third kappa shape index (κ3) is 3.61. The minimum absolute atomic E-state index is 0.0712. The Kier molecular flexibility index (Phi) is 4.73. The third-order valence-electron chi connectivity index (χ3n) is 5.22. The van der Waals surface area contributed by atoms with Crippen LogP contribution >= 0.6 is 15.9 Å². The minimum Gasteiger partial charge on any atom is -0.508 e. The molecule has 6 heteroatoms. The fourth-order valence-electron chi connectivity index (χ4n) is 3.79. The normalized spacial score (nSPS) is 20.4. The Bertz CT molecular complexity index is 1100. The molecule has 2 heterocycles. The van der Waals surface area contributed by atoms with Crippen LogP contribution in [0.3, 0.4) is 0 Å². The predicted molar refractivity (Wildman–Crippen MR) is 115 cm³/mol. The molecule has 5 rings (SSSR count). The maximum Gasteiger partial charge on any atom is 0.231 e. The predicted octanol–water partition coefficient (Wildman–Crippen LogP) is 5.11. The summed E-state index contributed by atoms with van der Waals surface area (Å²) in [5, 5.41) is 14.0. The Labute approximate surface area is 177 Å². The van der Waals surface area contributed by atoms with Gasteiger partial charge >= 0.3 is 0 Å². The van der Waals surface area contributed by atoms with E-state index in [-0.39, 0.29) is 24.8 Å². The number of nitrogens with one attached hydrogen (secondary N) is 1. The van der Waals surface area contributed by atoms with Gasteiger partial charge < -0.3 is 14.6 Å². The summed E-state index contributed by atoms with van der Waals surface area (Å²) < 4.78 is 12.0. The summed E-state index contributed by atoms with van der Waals surface area (Å²) in [6.45, 7) is 0.244. The maximum absolute atomic E-state index is 10.4. The first kappa shape index (κ1) is 18.2. The summed E-state index contributed by atoms with van der Waals surface area (Å²) in [7, 11) is 0. The molecule has 3 aromatic carbocycles. The standard InChI is InChI=1S/C23H19BrN2O3/c24-16-5-3-4-15(10-16)23-25-18(14-8-9-21-22(11-14)29-13-28-21)12-19(26-23)17-6-1-2-7-20(17)27/h1-11,19,23,26-27H,12-13H2/t19-,23-/m1/s1. The molecular formula is C23H19BrN2O3. The number of hydrogen-bond donors (Lipinski definition) is 2. The lowest BCUT2D eigenvalue weighted by Crippen LogP contribution is -2.33. The van der Waals surface area contributed by atoms with Gasteiger partial charge in [0.05, 0.1) is 0 Å². The highest BCUT2D eigenvalue weighted by Gasteiger charge is 2.28. The van der Waals surface area contributed by atoms with E-state index in [2.05, 4.69) is 33.4 Å². The van der Waals surface area contributed by atoms with Gasteiger partial charge in [0, 0.05) is 28.2 Å². The smallest absolute Gasteiger partial charge is 0.231 e. The molecule has 0 spiro atoms. The van der Waals surface area contributed by atoms with E-state index in [4.69, 9.17) is 14.5 Å². The number of hydrogen-bond acceptors (Lipinski definition) is 5. The molecule has 3 aromatic rings. The molecule has 2 atom stereocenters. The zero-order valence-corrected chi connectivity index (χ0v) is 17.1. The molecule has 2 N–H and O–H groups in total. The van der Waals surface area contributed by atoms with Crippen LogP contribution in [-0.2, 0) is 0 Å². The molecule has 2 aliphatic heterocycles. The zero-order chi connectivity index (χ0) is 19.8. The number of para-hydroxylation sites is 1. The number of phenols is 1. The van der Waals surface area contributed by atoms with Crippen molar-refractivity contribution in [2.75, 3.05) is 6.79 Å². The average molecular weight is 451 g/mol. The second-order valence-electron chi connectivity index (χ2n) is 7.08. The van der Waals surface area contributed by atoms with Crippen LogP contribution in [0.4, 0.5) is 0 Å². The molecule has 5 nitrogen and oxygen atoms in total. The van der Waals surface area contributed by atoms with E-state index in [9.17, 15) is 5.11 Å². The van der Waals surface area contributed by atoms with Gasteiger partial charge in [-0.25, -0.2) is 0 Å². The number of aromatic hydroxyl groups is 1. The highest BCUT2D eigenvalue weighted by atomic mass is 79.9. The molecule has 0 fully saturated rings. The van der Waals surface area contributed by atoms with Crippen molar-refractivity contribution in [3.05, 3.63) is 87.9 Å². The van der Waals surface area contributed by atoms with Gasteiger partial charge in [-0.05, 0) is 47.5 Å². The third-order valence-corrected chi connectivity index (χ3v) is 5.72. The topological polar surface area (TPSA) is 63.1 Å². The molecule has 0 amide bonds. The van der Waals surface area contributed by atoms with Gasteiger partial charge in [-0.15, -0.1) is 0 Å². The number of aliphatic imine (C=N–C) groups is 1. The van der Waals surface area contributed by atoms with Crippen LogP contribution in [-0.4, -0.2) is 17.6 Å². The van der Waals surface area contributed by atoms with Gasteiger partial charge in [-0.1, -0.05) is 46.3 Å². The van der Waals surface area contributed by atoms with Crippen LogP contribution in [0.15, 0.2) is 76.2 Å². The molecule has 146 valence electrons. The average Bonchev–Trinajstić information content (AvgIpc) is 3.22. The molecule has 0 saturated heterocycles. The Hall–Kier alpha value is -2.83. The largest absolute Gasteiger partial charge is 0.508 e. The van der Waals surface area contributed by atoms with E-state index in [0.29, 0.717) is 6.42 Å². The summed E-state index contributed by atoms with van der Waals surface area (Å²) in [4.78, 5) is 5.00. The highest BCUT2D eigenvalue weighted by molar-refractivity contribution is 9.10. The molecule has 0 unspecified atom stereocenters. The summed E-state index contributed by atoms with van der Waals surface area (Å²) in [5.74, 6) is 1.77. The first-order chi connectivity index (χ1) is 14.2. The van der Waals surface area contributed by atoms with Crippen molar-refractivity contribution in [1.29, 1.82) is 0 Å². The van der Waals surface area contributed by atoms with Crippen molar-refractivity contribution < 1.29 is 14.6 Å². The van der Waals surface area contributed by atoms with Gasteiger partial charge in [0.25, 0.3) is 0 Å². The fraction of sp³-hybridized carbons (Fsp3) is 0.174. The van der Waals surface area contributed by atoms with E-state index >= 15 is 0 Å². The molecule has 0 radical (unpaired) electrons. The second-order valence-corrected chi connectivity index (χ2v) is 8.00. The SMILES string of the molecule is Oc1ccccc1[C@H]1CC(c2ccc3c(c2)OCO3)=N[C@@H](c2cccc(Br)c2)N1. The van der Waals surface area contributed by atoms with Crippen molar-refractivity contribution >= 4 is 21.6 Å². The van der Waals surface area contributed by atoms with Gasteiger partial charge in [-0.3, -0.25) is 10.3 Å². The van der Waals surface area contributed by atoms with E-state index in [1.54, 1.807) is 6.07 Å². The molecule has 0 saturated carbocycles. The number of ether oxygens (including phenoxy) is 2. The number of nitrogens with zero attached hydrogens (tertiary/aromatic N) is 1. The van der Waals surface area contributed by atoms with Crippen LogP contribution in [0, 0.1) is 0 Å². The van der Waals surface area contributed by atoms with Crippen molar-refractivity contribution in [2.45, 2.75) is 18.6 Å². The molecule has 2 aliphatic rings. The Morgan fingerprint density at radius 1 is 0.966 bits per heavy atom. The first-order valence-corrected chi connectivity index (χ1v) is 10.2. The van der Waals surface area contributed by atoms with Crippen LogP contribution in [0.2, 0.25) is 0 Å².